The molecule has 0 bridgehead atoms. The molecule has 1 heterocycles. The number of nitriles is 1. The summed E-state index contributed by atoms with van der Waals surface area (Å²) in [5, 5.41) is 7.51. The van der Waals surface area contributed by atoms with Gasteiger partial charge in [-0.1, -0.05) is 26.5 Å². The van der Waals surface area contributed by atoms with Gasteiger partial charge in [-0.2, -0.15) is 5.26 Å². The van der Waals surface area contributed by atoms with Crippen LogP contribution in [-0.4, -0.2) is 25.3 Å². The Morgan fingerprint density at radius 3 is 2.71 bits per heavy atom. The summed E-state index contributed by atoms with van der Waals surface area (Å²) >= 11 is 0. The van der Waals surface area contributed by atoms with Crippen LogP contribution in [0, 0.1) is 11.3 Å². The Hall–Kier alpha value is -1.60. The predicted molar refractivity (Wildman–Crippen MR) is 65.2 cm³/mol. The Balaban J connectivity index is 0.000000557. The average Bonchev–Trinajstić information content (AvgIpc) is 3.17. The van der Waals surface area contributed by atoms with Gasteiger partial charge in [0.05, 0.1) is 12.7 Å². The van der Waals surface area contributed by atoms with Gasteiger partial charge in [0.15, 0.2) is 0 Å². The van der Waals surface area contributed by atoms with Crippen molar-refractivity contribution in [3.05, 3.63) is 24.8 Å². The molecule has 0 spiro atoms. The van der Waals surface area contributed by atoms with Gasteiger partial charge in [0, 0.05) is 11.6 Å². The quantitative estimate of drug-likeness (QED) is 0.308. The van der Waals surface area contributed by atoms with Crippen molar-refractivity contribution in [1.82, 2.24) is 0 Å². The topological polar surface area (TPSA) is 62.6 Å². The van der Waals surface area contributed by atoms with Gasteiger partial charge in [-0.25, -0.2) is 4.79 Å². The van der Waals surface area contributed by atoms with Crippen LogP contribution in [0.1, 0.15) is 26.2 Å². The van der Waals surface area contributed by atoms with E-state index >= 15 is 0 Å². The molecule has 0 aromatic heterocycles. The largest absolute Gasteiger partial charge is 0.459 e. The molecule has 1 fully saturated rings. The minimum atomic E-state index is -0.274. The van der Waals surface area contributed by atoms with Crippen molar-refractivity contribution in [2.75, 3.05) is 13.2 Å². The number of rotatable bonds is 6. The van der Waals surface area contributed by atoms with E-state index in [1.165, 1.54) is 6.08 Å². The van der Waals surface area contributed by atoms with Gasteiger partial charge >= 0.3 is 5.97 Å². The lowest BCUT2D eigenvalue weighted by Crippen LogP contribution is -2.11. The van der Waals surface area contributed by atoms with Crippen molar-refractivity contribution in [3.8, 4) is 6.07 Å². The summed E-state index contributed by atoms with van der Waals surface area (Å²) in [5.74, 6) is -0.274. The Bertz CT molecular complexity index is 300. The van der Waals surface area contributed by atoms with E-state index in [9.17, 15) is 4.79 Å². The number of hydrogen-bond donors (Lipinski definition) is 0. The number of carbonyl (C=O) groups is 1. The molecule has 0 saturated carbocycles. The highest BCUT2D eigenvalue weighted by Crippen LogP contribution is 2.11. The third-order valence-electron chi connectivity index (χ3n) is 2.01. The summed E-state index contributed by atoms with van der Waals surface area (Å²) in [6, 6.07) is 1.69. The Kier molecular flexibility index (Phi) is 8.71. The lowest BCUT2D eigenvalue weighted by molar-refractivity contribution is -0.139. The zero-order valence-electron chi connectivity index (χ0n) is 10.3. The number of nitrogens with zero attached hydrogens (tertiary/aromatic N) is 1. The summed E-state index contributed by atoms with van der Waals surface area (Å²) in [7, 11) is 0. The zero-order valence-corrected chi connectivity index (χ0v) is 10.3. The van der Waals surface area contributed by atoms with E-state index in [0.717, 1.165) is 19.3 Å². The fourth-order valence-electron chi connectivity index (χ4n) is 0.927. The highest BCUT2D eigenvalue weighted by atomic mass is 16.6. The summed E-state index contributed by atoms with van der Waals surface area (Å²) < 4.78 is 9.87. The van der Waals surface area contributed by atoms with E-state index in [2.05, 4.69) is 20.1 Å². The maximum absolute atomic E-state index is 11.2. The maximum Gasteiger partial charge on any atom is 0.333 e. The number of ether oxygens (including phenoxy) is 2. The van der Waals surface area contributed by atoms with Crippen LogP contribution in [0.4, 0.5) is 0 Å². The molecule has 17 heavy (non-hydrogen) atoms. The van der Waals surface area contributed by atoms with E-state index in [1.54, 1.807) is 6.07 Å². The molecule has 0 aromatic rings. The molecule has 0 aromatic carbocycles. The first kappa shape index (κ1) is 15.4. The normalized spacial score (nSPS) is 15.9. The summed E-state index contributed by atoms with van der Waals surface area (Å²) in [6.45, 7) is 9.97. The second-order valence-electron chi connectivity index (χ2n) is 3.59. The second-order valence-corrected chi connectivity index (χ2v) is 3.59. The molecule has 0 radical (unpaired) electrons. The molecular formula is C13H19NO3. The molecular weight excluding hydrogens is 218 g/mol. The smallest absolute Gasteiger partial charge is 0.333 e. The molecule has 0 amide bonds. The number of epoxide rings is 1. The third kappa shape index (κ3) is 9.34. The van der Waals surface area contributed by atoms with Crippen LogP contribution in [0.15, 0.2) is 24.8 Å². The standard InChI is InChI=1S/C10H16O3.C3H3N/c1-3-4-5-8(2)10(11)13-7-9-6-12-9;1-2-3-4/h9H,2-7H2,1H3;2H,1H2. The third-order valence-corrected chi connectivity index (χ3v) is 2.01. The number of esters is 1. The molecule has 1 aliphatic rings. The molecule has 1 saturated heterocycles. The van der Waals surface area contributed by atoms with Crippen LogP contribution in [0.3, 0.4) is 0 Å². The summed E-state index contributed by atoms with van der Waals surface area (Å²) in [6.07, 6.45) is 4.12. The fraction of sp³-hybridized carbons (Fsp3) is 0.538. The van der Waals surface area contributed by atoms with Gasteiger partial charge in [-0.15, -0.1) is 0 Å². The summed E-state index contributed by atoms with van der Waals surface area (Å²) in [5.41, 5.74) is 0.572. The first-order valence-corrected chi connectivity index (χ1v) is 5.62. The van der Waals surface area contributed by atoms with Crippen LogP contribution >= 0.6 is 0 Å². The molecule has 0 aliphatic carbocycles. The van der Waals surface area contributed by atoms with Crippen LogP contribution in [-0.2, 0) is 14.3 Å². The van der Waals surface area contributed by atoms with Gasteiger partial charge in [-0.3, -0.25) is 0 Å². The highest BCUT2D eigenvalue weighted by Gasteiger charge is 2.24. The lowest BCUT2D eigenvalue weighted by atomic mass is 10.1. The number of allylic oxidation sites excluding steroid dienone is 1. The molecule has 1 aliphatic heterocycles. The van der Waals surface area contributed by atoms with Gasteiger partial charge in [-0.05, 0) is 12.8 Å². The minimum Gasteiger partial charge on any atom is -0.459 e. The average molecular weight is 237 g/mol. The van der Waals surface area contributed by atoms with Crippen LogP contribution < -0.4 is 0 Å². The van der Waals surface area contributed by atoms with Gasteiger partial charge in [0.25, 0.3) is 0 Å². The van der Waals surface area contributed by atoms with Crippen molar-refractivity contribution < 1.29 is 14.3 Å². The fourth-order valence-corrected chi connectivity index (χ4v) is 0.927. The molecule has 1 rings (SSSR count). The van der Waals surface area contributed by atoms with Crippen molar-refractivity contribution in [2.24, 2.45) is 0 Å². The minimum absolute atomic E-state index is 0.142. The van der Waals surface area contributed by atoms with Gasteiger partial charge in [0.2, 0.25) is 0 Å². The molecule has 1 unspecified atom stereocenters. The second kappa shape index (κ2) is 9.61. The monoisotopic (exact) mass is 237 g/mol. The zero-order chi connectivity index (χ0) is 13.1. The SMILES string of the molecule is C=C(CCCC)C(=O)OCC1CO1.C=CC#N. The molecule has 4 heteroatoms. The highest BCUT2D eigenvalue weighted by molar-refractivity contribution is 5.87. The first-order valence-electron chi connectivity index (χ1n) is 5.62. The van der Waals surface area contributed by atoms with E-state index in [-0.39, 0.29) is 12.1 Å². The lowest BCUT2D eigenvalue weighted by Gasteiger charge is -2.04. The molecule has 1 atom stereocenters. The Morgan fingerprint density at radius 2 is 2.29 bits per heavy atom. The van der Waals surface area contributed by atoms with Crippen molar-refractivity contribution in [1.29, 1.82) is 5.26 Å². The van der Waals surface area contributed by atoms with Gasteiger partial charge < -0.3 is 9.47 Å². The van der Waals surface area contributed by atoms with Crippen LogP contribution in [0.2, 0.25) is 0 Å². The van der Waals surface area contributed by atoms with E-state index < -0.39 is 0 Å². The van der Waals surface area contributed by atoms with E-state index in [1.807, 2.05) is 0 Å². The molecule has 0 N–H and O–H groups in total. The number of carbonyl (C=O) groups excluding carboxylic acids is 1. The van der Waals surface area contributed by atoms with Crippen molar-refractivity contribution in [2.45, 2.75) is 32.3 Å². The maximum atomic E-state index is 11.2. The number of unbranched alkanes of at least 4 members (excludes halogenated alkanes) is 1. The summed E-state index contributed by atoms with van der Waals surface area (Å²) in [4.78, 5) is 11.2. The van der Waals surface area contributed by atoms with Crippen LogP contribution in [0.25, 0.3) is 0 Å². The van der Waals surface area contributed by atoms with E-state index in [0.29, 0.717) is 18.8 Å². The molecule has 94 valence electrons. The Morgan fingerprint density at radius 1 is 1.71 bits per heavy atom. The predicted octanol–water partition coefficient (Wildman–Crippen LogP) is 2.37. The van der Waals surface area contributed by atoms with Gasteiger partial charge in [0.1, 0.15) is 12.7 Å². The number of hydrogen-bond acceptors (Lipinski definition) is 4. The first-order chi connectivity index (χ1) is 8.15. The van der Waals surface area contributed by atoms with Crippen LogP contribution in [0.5, 0.6) is 0 Å². The molecule has 4 nitrogen and oxygen atoms in total. The van der Waals surface area contributed by atoms with E-state index in [4.69, 9.17) is 14.7 Å². The van der Waals surface area contributed by atoms with Crippen molar-refractivity contribution in [3.63, 3.8) is 0 Å². The Labute approximate surface area is 103 Å². The van der Waals surface area contributed by atoms with Crippen molar-refractivity contribution >= 4 is 5.97 Å².